The second kappa shape index (κ2) is 6.21. The van der Waals surface area contributed by atoms with Crippen LogP contribution in [0.5, 0.6) is 0 Å². The van der Waals surface area contributed by atoms with Gasteiger partial charge in [-0.1, -0.05) is 26.0 Å². The zero-order valence-corrected chi connectivity index (χ0v) is 11.6. The molecule has 1 unspecified atom stereocenters. The van der Waals surface area contributed by atoms with Crippen molar-refractivity contribution in [2.24, 2.45) is 0 Å². The summed E-state index contributed by atoms with van der Waals surface area (Å²) >= 11 is 0. The van der Waals surface area contributed by atoms with Gasteiger partial charge in [-0.2, -0.15) is 0 Å². The average molecular weight is 248 g/mol. The van der Waals surface area contributed by atoms with Gasteiger partial charge < -0.3 is 15.4 Å². The van der Waals surface area contributed by atoms with Crippen molar-refractivity contribution in [1.82, 2.24) is 10.6 Å². The monoisotopic (exact) mass is 248 g/mol. The van der Waals surface area contributed by atoms with E-state index in [-0.39, 0.29) is 6.23 Å². The summed E-state index contributed by atoms with van der Waals surface area (Å²) in [6, 6.07) is 0.511. The topological polar surface area (TPSA) is 33.3 Å². The minimum atomic E-state index is 0.0112. The van der Waals surface area contributed by atoms with E-state index >= 15 is 0 Å². The van der Waals surface area contributed by atoms with Crippen LogP contribution < -0.4 is 10.6 Å². The number of rotatable bonds is 4. The maximum Gasteiger partial charge on any atom is 0.153 e. The summed E-state index contributed by atoms with van der Waals surface area (Å²) in [5, 5.41) is 6.83. The smallest absolute Gasteiger partial charge is 0.153 e. The first-order valence-corrected chi connectivity index (χ1v) is 6.83. The van der Waals surface area contributed by atoms with Gasteiger partial charge >= 0.3 is 0 Å². The van der Waals surface area contributed by atoms with Crippen molar-refractivity contribution < 1.29 is 4.74 Å². The van der Waals surface area contributed by atoms with Crippen LogP contribution >= 0.6 is 0 Å². The van der Waals surface area contributed by atoms with Gasteiger partial charge in [-0.05, 0) is 30.4 Å². The lowest BCUT2D eigenvalue weighted by Gasteiger charge is -2.28. The molecule has 0 spiro atoms. The van der Waals surface area contributed by atoms with E-state index in [9.17, 15) is 0 Å². The Kier molecular flexibility index (Phi) is 4.61. The number of dihydropyridines is 1. The standard InChI is InChI=1S/C15H24N2O/c1-11(2)16-9-12-10-17-15(18-3)14-8-6-4-5-7-13(12)14/h6,8,10-11,15-17H,4-5,7,9H2,1-3H3. The first-order valence-electron chi connectivity index (χ1n) is 6.83. The fourth-order valence-electron chi connectivity index (χ4n) is 2.46. The van der Waals surface area contributed by atoms with Gasteiger partial charge in [-0.25, -0.2) is 0 Å². The summed E-state index contributed by atoms with van der Waals surface area (Å²) in [6.45, 7) is 5.28. The highest BCUT2D eigenvalue weighted by molar-refractivity contribution is 5.46. The molecule has 18 heavy (non-hydrogen) atoms. The lowest BCUT2D eigenvalue weighted by atomic mass is 9.93. The van der Waals surface area contributed by atoms with Gasteiger partial charge in [0.2, 0.25) is 0 Å². The highest BCUT2D eigenvalue weighted by atomic mass is 16.5. The molecule has 3 nitrogen and oxygen atoms in total. The van der Waals surface area contributed by atoms with E-state index in [1.165, 1.54) is 23.1 Å². The van der Waals surface area contributed by atoms with Gasteiger partial charge in [0, 0.05) is 31.5 Å². The molecule has 0 aromatic rings. The highest BCUT2D eigenvalue weighted by Gasteiger charge is 2.22. The molecular weight excluding hydrogens is 224 g/mol. The molecule has 0 aromatic carbocycles. The maximum absolute atomic E-state index is 5.50. The van der Waals surface area contributed by atoms with Crippen molar-refractivity contribution in [3.8, 4) is 0 Å². The van der Waals surface area contributed by atoms with Crippen LogP contribution in [-0.2, 0) is 4.74 Å². The molecule has 0 fully saturated rings. The Bertz CT molecular complexity index is 380. The summed E-state index contributed by atoms with van der Waals surface area (Å²) in [5.74, 6) is 0. The Morgan fingerprint density at radius 2 is 2.33 bits per heavy atom. The molecule has 2 aliphatic rings. The molecule has 1 heterocycles. The summed E-state index contributed by atoms with van der Waals surface area (Å²) in [5.41, 5.74) is 4.14. The fraction of sp³-hybridized carbons (Fsp3) is 0.600. The Hall–Kier alpha value is -1.06. The third-order valence-electron chi connectivity index (χ3n) is 3.46. The molecule has 1 aliphatic heterocycles. The molecule has 0 saturated heterocycles. The summed E-state index contributed by atoms with van der Waals surface area (Å²) in [7, 11) is 1.76. The van der Waals surface area contributed by atoms with E-state index in [0.29, 0.717) is 6.04 Å². The Labute approximate surface area is 110 Å². The number of nitrogens with one attached hydrogen (secondary N) is 2. The van der Waals surface area contributed by atoms with E-state index < -0.39 is 0 Å². The first-order chi connectivity index (χ1) is 8.72. The molecule has 0 saturated carbocycles. The minimum absolute atomic E-state index is 0.0112. The van der Waals surface area contributed by atoms with Crippen LogP contribution in [0, 0.1) is 0 Å². The molecule has 2 N–H and O–H groups in total. The van der Waals surface area contributed by atoms with Crippen LogP contribution in [0.3, 0.4) is 0 Å². The molecule has 3 heteroatoms. The molecule has 0 bridgehead atoms. The van der Waals surface area contributed by atoms with Gasteiger partial charge in [0.25, 0.3) is 0 Å². The molecule has 100 valence electrons. The van der Waals surface area contributed by atoms with Gasteiger partial charge in [0.15, 0.2) is 6.23 Å². The number of methoxy groups -OCH3 is 1. The van der Waals surface area contributed by atoms with Crippen molar-refractivity contribution >= 4 is 0 Å². The number of allylic oxidation sites excluding steroid dienone is 1. The summed E-state index contributed by atoms with van der Waals surface area (Å²) < 4.78 is 5.50. The third-order valence-corrected chi connectivity index (χ3v) is 3.46. The van der Waals surface area contributed by atoms with Gasteiger partial charge in [-0.3, -0.25) is 0 Å². The Morgan fingerprint density at radius 1 is 1.50 bits per heavy atom. The van der Waals surface area contributed by atoms with Crippen LogP contribution in [0.25, 0.3) is 0 Å². The van der Waals surface area contributed by atoms with Crippen molar-refractivity contribution in [3.63, 3.8) is 0 Å². The number of ether oxygens (including phenoxy) is 1. The largest absolute Gasteiger partial charge is 0.362 e. The second-order valence-electron chi connectivity index (χ2n) is 5.22. The van der Waals surface area contributed by atoms with E-state index in [2.05, 4.69) is 42.8 Å². The van der Waals surface area contributed by atoms with Crippen LogP contribution in [0.15, 0.2) is 35.1 Å². The Morgan fingerprint density at radius 3 is 3.06 bits per heavy atom. The third kappa shape index (κ3) is 3.03. The van der Waals surface area contributed by atoms with Crippen LogP contribution in [-0.4, -0.2) is 25.9 Å². The van der Waals surface area contributed by atoms with E-state index in [1.54, 1.807) is 7.11 Å². The number of hydrogen-bond donors (Lipinski definition) is 2. The van der Waals surface area contributed by atoms with Crippen molar-refractivity contribution in [3.05, 3.63) is 35.1 Å². The molecule has 0 radical (unpaired) electrons. The fourth-order valence-corrected chi connectivity index (χ4v) is 2.46. The first kappa shape index (κ1) is 13.4. The van der Waals surface area contributed by atoms with Crippen LogP contribution in [0.2, 0.25) is 0 Å². The Balaban J connectivity index is 2.19. The zero-order chi connectivity index (χ0) is 13.0. The number of hydrogen-bond acceptors (Lipinski definition) is 3. The van der Waals surface area contributed by atoms with Crippen LogP contribution in [0.1, 0.15) is 33.1 Å². The van der Waals surface area contributed by atoms with Crippen molar-refractivity contribution in [2.75, 3.05) is 13.7 Å². The normalized spacial score (nSPS) is 23.6. The van der Waals surface area contributed by atoms with E-state index in [4.69, 9.17) is 4.74 Å². The van der Waals surface area contributed by atoms with Crippen molar-refractivity contribution in [2.45, 2.75) is 45.4 Å². The molecule has 0 aromatic heterocycles. The summed E-state index contributed by atoms with van der Waals surface area (Å²) in [6.07, 6.45) is 10.1. The molecular formula is C15H24N2O. The lowest BCUT2D eigenvalue weighted by molar-refractivity contribution is 0.115. The predicted molar refractivity (Wildman–Crippen MR) is 75.2 cm³/mol. The van der Waals surface area contributed by atoms with E-state index in [1.807, 2.05) is 0 Å². The quantitative estimate of drug-likeness (QED) is 0.802. The highest BCUT2D eigenvalue weighted by Crippen LogP contribution is 2.29. The van der Waals surface area contributed by atoms with Gasteiger partial charge in [0.05, 0.1) is 0 Å². The molecule has 0 amide bonds. The molecule has 2 rings (SSSR count). The average Bonchev–Trinajstić information content (AvgIpc) is 2.61. The molecule has 1 atom stereocenters. The lowest BCUT2D eigenvalue weighted by Crippen LogP contribution is -2.35. The second-order valence-corrected chi connectivity index (χ2v) is 5.22. The minimum Gasteiger partial charge on any atom is -0.362 e. The van der Waals surface area contributed by atoms with Crippen molar-refractivity contribution in [1.29, 1.82) is 0 Å². The van der Waals surface area contributed by atoms with Gasteiger partial charge in [0.1, 0.15) is 0 Å². The molecule has 1 aliphatic carbocycles. The maximum atomic E-state index is 5.50. The van der Waals surface area contributed by atoms with Gasteiger partial charge in [-0.15, -0.1) is 0 Å². The SMILES string of the molecule is COC1NC=C(CNC(C)C)C2=C1C=CCCC2. The summed E-state index contributed by atoms with van der Waals surface area (Å²) in [4.78, 5) is 0. The zero-order valence-electron chi connectivity index (χ0n) is 11.6. The van der Waals surface area contributed by atoms with Crippen LogP contribution in [0.4, 0.5) is 0 Å². The predicted octanol–water partition coefficient (Wildman–Crippen LogP) is 2.48. The van der Waals surface area contributed by atoms with E-state index in [0.717, 1.165) is 19.4 Å².